The summed E-state index contributed by atoms with van der Waals surface area (Å²) in [7, 11) is 0. The predicted octanol–water partition coefficient (Wildman–Crippen LogP) is 2.93. The smallest absolute Gasteiger partial charge is 0.388 e. The Kier molecular flexibility index (Phi) is 3.65. The van der Waals surface area contributed by atoms with Crippen LogP contribution in [0, 0.1) is 11.3 Å². The van der Waals surface area contributed by atoms with Gasteiger partial charge in [-0.2, -0.15) is 18.4 Å². The number of β-amino-alcohol motifs (C(OH)–C–C–N with tert-alkyl or cyclic N) is 1. The molecule has 1 aromatic rings. The van der Waals surface area contributed by atoms with Crippen molar-refractivity contribution in [2.24, 2.45) is 0 Å². The van der Waals surface area contributed by atoms with Gasteiger partial charge in [-0.1, -0.05) is 6.92 Å². The molecule has 0 amide bonds. The summed E-state index contributed by atoms with van der Waals surface area (Å²) in [4.78, 5) is 1.72. The highest BCUT2D eigenvalue weighted by Gasteiger charge is 2.37. The summed E-state index contributed by atoms with van der Waals surface area (Å²) < 4.78 is 38.7. The van der Waals surface area contributed by atoms with Crippen LogP contribution < -0.4 is 4.90 Å². The average Bonchev–Trinajstić information content (AvgIpc) is 2.80. The number of hydrogen-bond donors (Lipinski definition) is 1. The van der Waals surface area contributed by atoms with Crippen molar-refractivity contribution in [3.05, 3.63) is 29.3 Å². The largest absolute Gasteiger partial charge is 0.417 e. The van der Waals surface area contributed by atoms with Crippen molar-refractivity contribution >= 4 is 5.69 Å². The molecule has 1 heterocycles. The Morgan fingerprint density at radius 1 is 1.45 bits per heavy atom. The number of anilines is 1. The predicted molar refractivity (Wildman–Crippen MR) is 68.2 cm³/mol. The van der Waals surface area contributed by atoms with E-state index in [4.69, 9.17) is 5.26 Å². The number of aliphatic hydroxyl groups is 1. The van der Waals surface area contributed by atoms with Gasteiger partial charge >= 0.3 is 6.18 Å². The topological polar surface area (TPSA) is 47.3 Å². The summed E-state index contributed by atoms with van der Waals surface area (Å²) >= 11 is 0. The minimum Gasteiger partial charge on any atom is -0.388 e. The second kappa shape index (κ2) is 4.98. The summed E-state index contributed by atoms with van der Waals surface area (Å²) in [6.07, 6.45) is -3.46. The Hall–Kier alpha value is -1.74. The van der Waals surface area contributed by atoms with Gasteiger partial charge in [-0.25, -0.2) is 0 Å². The van der Waals surface area contributed by atoms with Crippen molar-refractivity contribution in [1.29, 1.82) is 5.26 Å². The third kappa shape index (κ3) is 2.73. The summed E-state index contributed by atoms with van der Waals surface area (Å²) in [6.45, 7) is 2.67. The maximum atomic E-state index is 12.9. The Morgan fingerprint density at radius 3 is 2.65 bits per heavy atom. The van der Waals surface area contributed by atoms with Crippen LogP contribution in [0.15, 0.2) is 18.2 Å². The van der Waals surface area contributed by atoms with Crippen molar-refractivity contribution in [3.8, 4) is 6.07 Å². The molecule has 20 heavy (non-hydrogen) atoms. The van der Waals surface area contributed by atoms with Gasteiger partial charge in [-0.3, -0.25) is 0 Å². The fraction of sp³-hybridized carbons (Fsp3) is 0.500. The van der Waals surface area contributed by atoms with Crippen LogP contribution in [0.4, 0.5) is 18.9 Å². The number of nitrogens with zero attached hydrogens (tertiary/aromatic N) is 2. The summed E-state index contributed by atoms with van der Waals surface area (Å²) in [5, 5.41) is 18.9. The van der Waals surface area contributed by atoms with Gasteiger partial charge in [0.15, 0.2) is 0 Å². The van der Waals surface area contributed by atoms with Crippen LogP contribution in [0.1, 0.15) is 30.9 Å². The highest BCUT2D eigenvalue weighted by molar-refractivity contribution is 5.55. The fourth-order valence-electron chi connectivity index (χ4n) is 2.43. The van der Waals surface area contributed by atoms with Crippen LogP contribution in [-0.2, 0) is 6.18 Å². The molecule has 0 bridgehead atoms. The van der Waals surface area contributed by atoms with Crippen molar-refractivity contribution in [2.45, 2.75) is 31.5 Å². The lowest BCUT2D eigenvalue weighted by Crippen LogP contribution is -2.32. The third-order valence-corrected chi connectivity index (χ3v) is 3.78. The van der Waals surface area contributed by atoms with Gasteiger partial charge in [0.05, 0.1) is 22.8 Å². The first kappa shape index (κ1) is 14.7. The Bertz CT molecular complexity index is 550. The molecule has 2 rings (SSSR count). The highest BCUT2D eigenvalue weighted by Crippen LogP contribution is 2.36. The Labute approximate surface area is 115 Å². The number of benzene rings is 1. The van der Waals surface area contributed by atoms with Gasteiger partial charge in [0.1, 0.15) is 0 Å². The molecule has 0 aromatic heterocycles. The standard InChI is InChI=1S/C14H15F3N2O/c1-2-13(20)5-6-19(9-13)11-4-3-10(8-18)12(7-11)14(15,16)17/h3-4,7,20H,2,5-6,9H2,1H3. The molecule has 1 saturated heterocycles. The van der Waals surface area contributed by atoms with E-state index in [9.17, 15) is 18.3 Å². The normalized spacial score (nSPS) is 22.9. The van der Waals surface area contributed by atoms with Gasteiger partial charge in [0.25, 0.3) is 0 Å². The average molecular weight is 284 g/mol. The molecule has 0 saturated carbocycles. The molecule has 1 aliphatic heterocycles. The van der Waals surface area contributed by atoms with Crippen LogP contribution in [0.5, 0.6) is 0 Å². The van der Waals surface area contributed by atoms with E-state index in [1.54, 1.807) is 11.0 Å². The first-order valence-corrected chi connectivity index (χ1v) is 6.38. The minimum atomic E-state index is -4.55. The number of rotatable bonds is 2. The Morgan fingerprint density at radius 2 is 2.15 bits per heavy atom. The van der Waals surface area contributed by atoms with E-state index in [2.05, 4.69) is 0 Å². The molecule has 6 heteroatoms. The molecule has 0 spiro atoms. The zero-order valence-electron chi connectivity index (χ0n) is 11.0. The van der Waals surface area contributed by atoms with Gasteiger partial charge in [-0.05, 0) is 31.0 Å². The number of halogens is 3. The Balaban J connectivity index is 2.34. The maximum absolute atomic E-state index is 12.9. The zero-order chi connectivity index (χ0) is 15.0. The van der Waals surface area contributed by atoms with Gasteiger partial charge < -0.3 is 10.0 Å². The molecule has 1 atom stereocenters. The lowest BCUT2D eigenvalue weighted by molar-refractivity contribution is -0.137. The lowest BCUT2D eigenvalue weighted by atomic mass is 10.0. The fourth-order valence-corrected chi connectivity index (χ4v) is 2.43. The quantitative estimate of drug-likeness (QED) is 0.908. The monoisotopic (exact) mass is 284 g/mol. The van der Waals surface area contributed by atoms with E-state index in [0.29, 0.717) is 31.6 Å². The van der Waals surface area contributed by atoms with Crippen LogP contribution >= 0.6 is 0 Å². The molecule has 1 N–H and O–H groups in total. The number of hydrogen-bond acceptors (Lipinski definition) is 3. The van der Waals surface area contributed by atoms with Gasteiger partial charge in [-0.15, -0.1) is 0 Å². The summed E-state index contributed by atoms with van der Waals surface area (Å²) in [5.74, 6) is 0. The zero-order valence-corrected chi connectivity index (χ0v) is 11.0. The molecule has 1 fully saturated rings. The van der Waals surface area contributed by atoms with Crippen LogP contribution in [0.3, 0.4) is 0 Å². The van der Waals surface area contributed by atoms with E-state index in [1.165, 1.54) is 12.1 Å². The first-order chi connectivity index (χ1) is 9.29. The maximum Gasteiger partial charge on any atom is 0.417 e. The molecule has 108 valence electrons. The van der Waals surface area contributed by atoms with Gasteiger partial charge in [0.2, 0.25) is 0 Å². The van der Waals surface area contributed by atoms with E-state index in [0.717, 1.165) is 6.07 Å². The van der Waals surface area contributed by atoms with Crippen molar-refractivity contribution in [3.63, 3.8) is 0 Å². The summed E-state index contributed by atoms with van der Waals surface area (Å²) in [5.41, 5.74) is -1.76. The van der Waals surface area contributed by atoms with E-state index >= 15 is 0 Å². The van der Waals surface area contributed by atoms with Crippen molar-refractivity contribution in [1.82, 2.24) is 0 Å². The minimum absolute atomic E-state index is 0.312. The second-order valence-electron chi connectivity index (χ2n) is 5.09. The molecule has 3 nitrogen and oxygen atoms in total. The molecule has 1 aliphatic rings. The molecule has 0 aliphatic carbocycles. The van der Waals surface area contributed by atoms with Crippen molar-refractivity contribution < 1.29 is 18.3 Å². The summed E-state index contributed by atoms with van der Waals surface area (Å²) in [6, 6.07) is 5.22. The molecule has 1 aromatic carbocycles. The molecular formula is C14H15F3N2O. The van der Waals surface area contributed by atoms with Crippen LogP contribution in [0.2, 0.25) is 0 Å². The third-order valence-electron chi connectivity index (χ3n) is 3.78. The van der Waals surface area contributed by atoms with Crippen LogP contribution in [-0.4, -0.2) is 23.8 Å². The van der Waals surface area contributed by atoms with E-state index in [-0.39, 0.29) is 5.56 Å². The number of nitriles is 1. The molecule has 1 unspecified atom stereocenters. The van der Waals surface area contributed by atoms with Gasteiger partial charge in [0, 0.05) is 18.8 Å². The van der Waals surface area contributed by atoms with Crippen LogP contribution in [0.25, 0.3) is 0 Å². The highest BCUT2D eigenvalue weighted by atomic mass is 19.4. The molecular weight excluding hydrogens is 269 g/mol. The van der Waals surface area contributed by atoms with E-state index in [1.807, 2.05) is 6.92 Å². The first-order valence-electron chi connectivity index (χ1n) is 6.38. The van der Waals surface area contributed by atoms with Crippen molar-refractivity contribution in [2.75, 3.05) is 18.0 Å². The molecule has 0 radical (unpaired) electrons. The van der Waals surface area contributed by atoms with E-state index < -0.39 is 17.3 Å². The number of alkyl halides is 3. The lowest BCUT2D eigenvalue weighted by Gasteiger charge is -2.23. The SMILES string of the molecule is CCC1(O)CCN(c2ccc(C#N)c(C(F)(F)F)c2)C1. The second-order valence-corrected chi connectivity index (χ2v) is 5.09.